The van der Waals surface area contributed by atoms with E-state index in [1.54, 1.807) is 30.3 Å². The topological polar surface area (TPSA) is 74.8 Å². The van der Waals surface area contributed by atoms with E-state index in [1.807, 2.05) is 6.07 Å². The number of amides is 4. The predicted octanol–water partition coefficient (Wildman–Crippen LogP) is 5.95. The molecule has 192 valence electrons. The summed E-state index contributed by atoms with van der Waals surface area (Å²) in [6.07, 6.45) is 10.7. The number of benzene rings is 2. The zero-order valence-corrected chi connectivity index (χ0v) is 21.7. The van der Waals surface area contributed by atoms with Gasteiger partial charge in [-0.15, -0.1) is 0 Å². The van der Waals surface area contributed by atoms with E-state index >= 15 is 0 Å². The van der Waals surface area contributed by atoms with Crippen molar-refractivity contribution in [1.29, 1.82) is 0 Å². The highest BCUT2D eigenvalue weighted by atomic mass is 16.2. The van der Waals surface area contributed by atoms with E-state index in [1.165, 1.54) is 44.1 Å². The Hall–Kier alpha value is -3.28. The molecule has 0 unspecified atom stereocenters. The van der Waals surface area contributed by atoms with Gasteiger partial charge in [0, 0.05) is 13.1 Å². The first-order valence-corrected chi connectivity index (χ1v) is 13.8. The van der Waals surface area contributed by atoms with Crippen LogP contribution in [0.5, 0.6) is 0 Å². The van der Waals surface area contributed by atoms with Gasteiger partial charge in [-0.05, 0) is 85.3 Å². The van der Waals surface area contributed by atoms with E-state index in [4.69, 9.17) is 0 Å². The average molecular weight is 499 g/mol. The zero-order chi connectivity index (χ0) is 25.8. The van der Waals surface area contributed by atoms with E-state index in [2.05, 4.69) is 6.92 Å². The smallest absolute Gasteiger partial charge is 0.261 e. The van der Waals surface area contributed by atoms with Crippen molar-refractivity contribution in [3.8, 4) is 11.1 Å². The van der Waals surface area contributed by atoms with Crippen LogP contribution in [0, 0.1) is 17.8 Å². The second-order valence-electron chi connectivity index (χ2n) is 11.7. The molecule has 0 N–H and O–H groups in total. The first-order chi connectivity index (χ1) is 17.8. The van der Waals surface area contributed by atoms with Gasteiger partial charge in [-0.1, -0.05) is 44.7 Å². The Labute approximate surface area is 218 Å². The van der Waals surface area contributed by atoms with E-state index in [9.17, 15) is 19.2 Å². The minimum Gasteiger partial charge on any atom is -0.277 e. The molecule has 0 saturated heterocycles. The Balaban J connectivity index is 1.16. The minimum atomic E-state index is -0.325. The monoisotopic (exact) mass is 498 g/mol. The van der Waals surface area contributed by atoms with Crippen molar-refractivity contribution in [3.63, 3.8) is 0 Å². The van der Waals surface area contributed by atoms with Crippen LogP contribution in [-0.4, -0.2) is 46.5 Å². The van der Waals surface area contributed by atoms with Gasteiger partial charge < -0.3 is 0 Å². The van der Waals surface area contributed by atoms with Gasteiger partial charge >= 0.3 is 0 Å². The summed E-state index contributed by atoms with van der Waals surface area (Å²) >= 11 is 0. The molecule has 2 saturated carbocycles. The van der Waals surface area contributed by atoms with Gasteiger partial charge in [0.1, 0.15) is 0 Å². The molecule has 2 aliphatic carbocycles. The highest BCUT2D eigenvalue weighted by molar-refractivity contribution is 6.23. The molecule has 2 aliphatic heterocycles. The van der Waals surface area contributed by atoms with E-state index in [-0.39, 0.29) is 29.7 Å². The summed E-state index contributed by atoms with van der Waals surface area (Å²) in [5.41, 5.74) is 3.15. The molecule has 2 fully saturated rings. The molecule has 2 aromatic carbocycles. The quantitative estimate of drug-likeness (QED) is 0.488. The lowest BCUT2D eigenvalue weighted by molar-refractivity contribution is 0.0519. The van der Waals surface area contributed by atoms with Crippen molar-refractivity contribution >= 4 is 23.6 Å². The Morgan fingerprint density at radius 2 is 1.08 bits per heavy atom. The second kappa shape index (κ2) is 9.23. The van der Waals surface area contributed by atoms with Gasteiger partial charge in [-0.25, -0.2) is 0 Å². The van der Waals surface area contributed by atoms with Crippen LogP contribution in [0.4, 0.5) is 0 Å². The summed E-state index contributed by atoms with van der Waals surface area (Å²) < 4.78 is 0. The number of rotatable bonds is 4. The molecule has 6 heteroatoms. The van der Waals surface area contributed by atoms with Crippen LogP contribution in [0.15, 0.2) is 36.4 Å². The summed E-state index contributed by atoms with van der Waals surface area (Å²) in [5.74, 6) is 1.41. The first kappa shape index (κ1) is 24.1. The van der Waals surface area contributed by atoms with Crippen molar-refractivity contribution in [3.05, 3.63) is 58.7 Å². The minimum absolute atomic E-state index is 0.0300. The molecule has 0 bridgehead atoms. The molecule has 4 amide bonds. The summed E-state index contributed by atoms with van der Waals surface area (Å²) in [6.45, 7) is 2.36. The summed E-state index contributed by atoms with van der Waals surface area (Å²) in [5, 5.41) is 0. The molecule has 2 aromatic rings. The Morgan fingerprint density at radius 1 is 0.622 bits per heavy atom. The van der Waals surface area contributed by atoms with Gasteiger partial charge in [0.25, 0.3) is 23.6 Å². The number of hydrogen-bond acceptors (Lipinski definition) is 4. The van der Waals surface area contributed by atoms with Crippen molar-refractivity contribution in [2.24, 2.45) is 17.8 Å². The number of carbonyl (C=O) groups is 4. The summed E-state index contributed by atoms with van der Waals surface area (Å²) in [4.78, 5) is 54.0. The van der Waals surface area contributed by atoms with E-state index < -0.39 is 0 Å². The van der Waals surface area contributed by atoms with Crippen LogP contribution in [0.1, 0.15) is 106 Å². The number of carbonyl (C=O) groups excluding carboxylic acids is 4. The fourth-order valence-electron chi connectivity index (χ4n) is 6.99. The summed E-state index contributed by atoms with van der Waals surface area (Å²) in [6, 6.07) is 10.4. The number of fused-ring (bicyclic) bond motifs is 2. The maximum Gasteiger partial charge on any atom is 0.261 e. The zero-order valence-electron chi connectivity index (χ0n) is 21.7. The third kappa shape index (κ3) is 4.11. The molecule has 4 aliphatic rings. The molecule has 0 atom stereocenters. The molecule has 0 spiro atoms. The fourth-order valence-corrected chi connectivity index (χ4v) is 6.99. The third-order valence-electron chi connectivity index (χ3n) is 9.32. The van der Waals surface area contributed by atoms with Gasteiger partial charge in [-0.2, -0.15) is 0 Å². The average Bonchev–Trinajstić information content (AvgIpc) is 3.29. The van der Waals surface area contributed by atoms with Gasteiger partial charge in [0.05, 0.1) is 22.3 Å². The van der Waals surface area contributed by atoms with E-state index in [0.717, 1.165) is 53.5 Å². The highest BCUT2D eigenvalue weighted by Crippen LogP contribution is 2.40. The molecular weight excluding hydrogens is 464 g/mol. The molecule has 0 radical (unpaired) electrons. The van der Waals surface area contributed by atoms with Gasteiger partial charge in [0.2, 0.25) is 0 Å². The molecule has 6 rings (SSSR count). The summed E-state index contributed by atoms with van der Waals surface area (Å²) in [7, 11) is 1.47. The number of hydrogen-bond donors (Lipinski definition) is 0. The lowest BCUT2D eigenvalue weighted by atomic mass is 9.74. The highest BCUT2D eigenvalue weighted by Gasteiger charge is 2.41. The van der Waals surface area contributed by atoms with E-state index in [0.29, 0.717) is 28.2 Å². The molecule has 37 heavy (non-hydrogen) atoms. The molecule has 2 heterocycles. The SMILES string of the molecule is CC1CCC(CC2CCC(N3C(=O)c4ccc(-c5ccc6c(c5)C(=O)N(C)C6=O)cc4C3=O)CC2)CC1. The van der Waals surface area contributed by atoms with Crippen molar-refractivity contribution in [2.75, 3.05) is 7.05 Å². The lowest BCUT2D eigenvalue weighted by Gasteiger charge is -2.36. The van der Waals surface area contributed by atoms with Crippen LogP contribution in [0.2, 0.25) is 0 Å². The fraction of sp³-hybridized carbons (Fsp3) is 0.484. The normalized spacial score (nSPS) is 27.6. The standard InChI is InChI=1S/C31H34N2O4/c1-18-3-5-19(6-4-18)15-20-7-11-23(12-8-20)33-30(36)25-14-10-22(17-27(25)31(33)37)21-9-13-24-26(16-21)29(35)32(2)28(24)34/h9-10,13-14,16-20,23H,3-8,11-12,15H2,1-2H3. The molecule has 0 aromatic heterocycles. The van der Waals surface area contributed by atoms with Crippen molar-refractivity contribution < 1.29 is 19.2 Å². The van der Waals surface area contributed by atoms with Crippen LogP contribution < -0.4 is 0 Å². The second-order valence-corrected chi connectivity index (χ2v) is 11.7. The van der Waals surface area contributed by atoms with Crippen LogP contribution >= 0.6 is 0 Å². The van der Waals surface area contributed by atoms with Crippen molar-refractivity contribution in [2.45, 2.75) is 70.8 Å². The van der Waals surface area contributed by atoms with Gasteiger partial charge in [0.15, 0.2) is 0 Å². The predicted molar refractivity (Wildman–Crippen MR) is 140 cm³/mol. The molecular formula is C31H34N2O4. The Morgan fingerprint density at radius 3 is 1.68 bits per heavy atom. The van der Waals surface area contributed by atoms with Crippen LogP contribution in [0.3, 0.4) is 0 Å². The van der Waals surface area contributed by atoms with Gasteiger partial charge in [-0.3, -0.25) is 29.0 Å². The lowest BCUT2D eigenvalue weighted by Crippen LogP contribution is -2.42. The van der Waals surface area contributed by atoms with Crippen LogP contribution in [0.25, 0.3) is 11.1 Å². The van der Waals surface area contributed by atoms with Crippen LogP contribution in [-0.2, 0) is 0 Å². The molecule has 6 nitrogen and oxygen atoms in total. The number of imide groups is 2. The Bertz CT molecular complexity index is 1300. The number of nitrogens with zero attached hydrogens (tertiary/aromatic N) is 2. The van der Waals surface area contributed by atoms with Crippen molar-refractivity contribution in [1.82, 2.24) is 9.80 Å². The maximum atomic E-state index is 13.4. The maximum absolute atomic E-state index is 13.4. The first-order valence-electron chi connectivity index (χ1n) is 13.8. The largest absolute Gasteiger partial charge is 0.277 e. The third-order valence-corrected chi connectivity index (χ3v) is 9.32. The Kier molecular flexibility index (Phi) is 6.01.